The van der Waals surface area contributed by atoms with Crippen molar-refractivity contribution in [2.75, 3.05) is 44.0 Å². The monoisotopic (exact) mass is 283 g/mol. The summed E-state index contributed by atoms with van der Waals surface area (Å²) in [5, 5.41) is 6.05. The molecule has 0 unspecified atom stereocenters. The summed E-state index contributed by atoms with van der Waals surface area (Å²) in [6.45, 7) is 7.03. The minimum atomic E-state index is 0.343. The minimum absolute atomic E-state index is 0.343. The highest BCUT2D eigenvalue weighted by Crippen LogP contribution is 2.10. The summed E-state index contributed by atoms with van der Waals surface area (Å²) < 4.78 is 10.8. The van der Waals surface area contributed by atoms with Gasteiger partial charge in [-0.3, -0.25) is 0 Å². The lowest BCUT2D eigenvalue weighted by molar-refractivity contribution is 0.134. The fourth-order valence-electron chi connectivity index (χ4n) is 1.43. The molecule has 7 nitrogen and oxygen atoms in total. The van der Waals surface area contributed by atoms with Crippen LogP contribution in [0.2, 0.25) is 0 Å². The van der Waals surface area contributed by atoms with Crippen LogP contribution in [-0.4, -0.2) is 48.4 Å². The molecule has 1 heterocycles. The van der Waals surface area contributed by atoms with E-state index in [1.165, 1.54) is 0 Å². The van der Waals surface area contributed by atoms with Gasteiger partial charge in [-0.1, -0.05) is 13.8 Å². The van der Waals surface area contributed by atoms with Gasteiger partial charge >= 0.3 is 6.01 Å². The second-order valence-electron chi connectivity index (χ2n) is 4.26. The van der Waals surface area contributed by atoms with Crippen molar-refractivity contribution in [3.63, 3.8) is 0 Å². The first-order valence-electron chi connectivity index (χ1n) is 7.18. The summed E-state index contributed by atoms with van der Waals surface area (Å²) in [6.07, 6.45) is 2.87. The maximum absolute atomic E-state index is 5.43. The van der Waals surface area contributed by atoms with Crippen LogP contribution in [0.15, 0.2) is 0 Å². The van der Waals surface area contributed by atoms with Crippen LogP contribution in [-0.2, 0) is 4.74 Å². The highest BCUT2D eigenvalue weighted by molar-refractivity contribution is 5.35. The second-order valence-corrected chi connectivity index (χ2v) is 4.26. The number of nitrogens with one attached hydrogen (secondary N) is 2. The summed E-state index contributed by atoms with van der Waals surface area (Å²) in [7, 11) is 1.77. The van der Waals surface area contributed by atoms with Gasteiger partial charge in [0.05, 0.1) is 6.61 Å². The number of hydrogen-bond donors (Lipinski definition) is 2. The van der Waals surface area contributed by atoms with Crippen molar-refractivity contribution in [1.29, 1.82) is 0 Å². The molecule has 1 aromatic heterocycles. The molecular weight excluding hydrogens is 258 g/mol. The van der Waals surface area contributed by atoms with E-state index >= 15 is 0 Å². The zero-order chi connectivity index (χ0) is 14.6. The van der Waals surface area contributed by atoms with E-state index in [0.29, 0.717) is 24.5 Å². The Kier molecular flexibility index (Phi) is 8.37. The van der Waals surface area contributed by atoms with Gasteiger partial charge in [-0.2, -0.15) is 15.0 Å². The van der Waals surface area contributed by atoms with Gasteiger partial charge in [-0.05, 0) is 19.3 Å². The van der Waals surface area contributed by atoms with Crippen molar-refractivity contribution in [2.45, 2.75) is 33.1 Å². The van der Waals surface area contributed by atoms with Crippen LogP contribution in [0, 0.1) is 0 Å². The Morgan fingerprint density at radius 3 is 2.40 bits per heavy atom. The highest BCUT2D eigenvalue weighted by atomic mass is 16.5. The van der Waals surface area contributed by atoms with Crippen molar-refractivity contribution in [1.82, 2.24) is 15.0 Å². The van der Waals surface area contributed by atoms with Crippen molar-refractivity contribution >= 4 is 11.9 Å². The molecule has 114 valence electrons. The van der Waals surface area contributed by atoms with Gasteiger partial charge in [0.2, 0.25) is 11.9 Å². The molecule has 0 aliphatic rings. The van der Waals surface area contributed by atoms with E-state index in [0.717, 1.165) is 39.0 Å². The average molecular weight is 283 g/mol. The average Bonchev–Trinajstić information content (AvgIpc) is 2.48. The predicted octanol–water partition coefficient (Wildman–Crippen LogP) is 1.93. The van der Waals surface area contributed by atoms with Crippen molar-refractivity contribution < 1.29 is 9.47 Å². The molecular formula is C13H25N5O2. The van der Waals surface area contributed by atoms with Gasteiger partial charge in [-0.25, -0.2) is 0 Å². The quantitative estimate of drug-likeness (QED) is 0.600. The number of nitrogens with zero attached hydrogens (tertiary/aromatic N) is 3. The molecule has 0 aliphatic heterocycles. The molecule has 0 aromatic carbocycles. The number of anilines is 2. The van der Waals surface area contributed by atoms with Gasteiger partial charge in [0.15, 0.2) is 0 Å². The van der Waals surface area contributed by atoms with Crippen LogP contribution < -0.4 is 15.4 Å². The van der Waals surface area contributed by atoms with Gasteiger partial charge in [0.1, 0.15) is 0 Å². The van der Waals surface area contributed by atoms with Crippen molar-refractivity contribution in [3.8, 4) is 6.01 Å². The van der Waals surface area contributed by atoms with Gasteiger partial charge in [0.25, 0.3) is 0 Å². The topological polar surface area (TPSA) is 81.2 Å². The molecule has 0 bridgehead atoms. The van der Waals surface area contributed by atoms with E-state index < -0.39 is 0 Å². The Hall–Kier alpha value is -1.63. The van der Waals surface area contributed by atoms with Crippen LogP contribution in [0.4, 0.5) is 11.9 Å². The molecule has 0 saturated carbocycles. The normalized spacial score (nSPS) is 10.3. The third kappa shape index (κ3) is 6.51. The summed E-state index contributed by atoms with van der Waals surface area (Å²) in [5.74, 6) is 1.02. The Balaban J connectivity index is 2.42. The van der Waals surface area contributed by atoms with E-state index in [2.05, 4.69) is 32.5 Å². The molecule has 0 aliphatic carbocycles. The van der Waals surface area contributed by atoms with E-state index in [4.69, 9.17) is 9.47 Å². The molecule has 1 rings (SSSR count). The van der Waals surface area contributed by atoms with Crippen LogP contribution in [0.5, 0.6) is 6.01 Å². The zero-order valence-electron chi connectivity index (χ0n) is 12.6. The SMILES string of the molecule is CCCOCCCNc1nc(NC)nc(OCCC)n1. The zero-order valence-corrected chi connectivity index (χ0v) is 12.6. The van der Waals surface area contributed by atoms with Crippen molar-refractivity contribution in [3.05, 3.63) is 0 Å². The Labute approximate surface area is 120 Å². The van der Waals surface area contributed by atoms with Crippen LogP contribution >= 0.6 is 0 Å². The number of rotatable bonds is 11. The summed E-state index contributed by atoms with van der Waals surface area (Å²) in [5.41, 5.74) is 0. The lowest BCUT2D eigenvalue weighted by Crippen LogP contribution is -2.12. The number of hydrogen-bond acceptors (Lipinski definition) is 7. The first kappa shape index (κ1) is 16.4. The van der Waals surface area contributed by atoms with E-state index in [-0.39, 0.29) is 0 Å². The summed E-state index contributed by atoms with van der Waals surface area (Å²) in [6, 6.07) is 0.343. The standard InChI is InChI=1S/C13H25N5O2/c1-4-8-19-10-6-7-15-12-16-11(14-3)17-13(18-12)20-9-5-2/h4-10H2,1-3H3,(H2,14,15,16,17,18). The smallest absolute Gasteiger partial charge is 0.323 e. The molecule has 0 spiro atoms. The second kappa shape index (κ2) is 10.2. The van der Waals surface area contributed by atoms with Crippen LogP contribution in [0.3, 0.4) is 0 Å². The Bertz CT molecular complexity index is 376. The van der Waals surface area contributed by atoms with Crippen molar-refractivity contribution in [2.24, 2.45) is 0 Å². The fourth-order valence-corrected chi connectivity index (χ4v) is 1.43. The molecule has 0 saturated heterocycles. The van der Waals surface area contributed by atoms with Crippen LogP contribution in [0.1, 0.15) is 33.1 Å². The lowest BCUT2D eigenvalue weighted by atomic mass is 10.4. The highest BCUT2D eigenvalue weighted by Gasteiger charge is 2.05. The van der Waals surface area contributed by atoms with Gasteiger partial charge in [-0.15, -0.1) is 0 Å². The fraction of sp³-hybridized carbons (Fsp3) is 0.769. The molecule has 20 heavy (non-hydrogen) atoms. The molecule has 0 atom stereocenters. The Morgan fingerprint density at radius 1 is 0.950 bits per heavy atom. The molecule has 0 radical (unpaired) electrons. The van der Waals surface area contributed by atoms with Gasteiger partial charge < -0.3 is 20.1 Å². The molecule has 0 amide bonds. The molecule has 1 aromatic rings. The Morgan fingerprint density at radius 2 is 1.70 bits per heavy atom. The summed E-state index contributed by atoms with van der Waals surface area (Å²) in [4.78, 5) is 12.6. The third-order valence-corrected chi connectivity index (χ3v) is 2.37. The third-order valence-electron chi connectivity index (χ3n) is 2.37. The molecule has 2 N–H and O–H groups in total. The molecule has 0 fully saturated rings. The van der Waals surface area contributed by atoms with Crippen LogP contribution in [0.25, 0.3) is 0 Å². The van der Waals surface area contributed by atoms with Gasteiger partial charge in [0, 0.05) is 26.8 Å². The number of ether oxygens (including phenoxy) is 2. The van der Waals surface area contributed by atoms with E-state index in [1.807, 2.05) is 6.92 Å². The largest absolute Gasteiger partial charge is 0.463 e. The van der Waals surface area contributed by atoms with E-state index in [9.17, 15) is 0 Å². The first-order valence-corrected chi connectivity index (χ1v) is 7.18. The minimum Gasteiger partial charge on any atom is -0.463 e. The van der Waals surface area contributed by atoms with E-state index in [1.54, 1.807) is 7.05 Å². The first-order chi connectivity index (χ1) is 9.80. The maximum atomic E-state index is 5.43. The summed E-state index contributed by atoms with van der Waals surface area (Å²) >= 11 is 0. The maximum Gasteiger partial charge on any atom is 0.323 e. The molecule has 7 heteroatoms. The predicted molar refractivity (Wildman–Crippen MR) is 79.4 cm³/mol. The number of aromatic nitrogens is 3. The lowest BCUT2D eigenvalue weighted by Gasteiger charge is -2.09.